The maximum atomic E-state index is 12.4. The van der Waals surface area contributed by atoms with Gasteiger partial charge in [0.25, 0.3) is 0 Å². The van der Waals surface area contributed by atoms with Gasteiger partial charge in [0.15, 0.2) is 5.82 Å². The van der Waals surface area contributed by atoms with Crippen molar-refractivity contribution >= 4 is 15.7 Å². The first-order valence-corrected chi connectivity index (χ1v) is 7.39. The van der Waals surface area contributed by atoms with Gasteiger partial charge >= 0.3 is 0 Å². The van der Waals surface area contributed by atoms with E-state index in [0.717, 1.165) is 5.56 Å². The van der Waals surface area contributed by atoms with Crippen molar-refractivity contribution in [2.45, 2.75) is 32.2 Å². The predicted octanol–water partition coefficient (Wildman–Crippen LogP) is 0.186. The summed E-state index contributed by atoms with van der Waals surface area (Å²) in [5.74, 6) is 0.268. The molecule has 0 bridgehead atoms. The summed E-state index contributed by atoms with van der Waals surface area (Å²) in [6.07, 6.45) is 0. The van der Waals surface area contributed by atoms with E-state index >= 15 is 0 Å². The third kappa shape index (κ3) is 2.63. The lowest BCUT2D eigenvalue weighted by Gasteiger charge is -2.15. The molecule has 9 heteroatoms. The molecule has 108 valence electrons. The van der Waals surface area contributed by atoms with E-state index < -0.39 is 10.0 Å². The minimum Gasteiger partial charge on any atom is -0.398 e. The third-order valence-electron chi connectivity index (χ3n) is 3.16. The van der Waals surface area contributed by atoms with Crippen molar-refractivity contribution in [1.29, 1.82) is 0 Å². The van der Waals surface area contributed by atoms with Crippen molar-refractivity contribution in [2.24, 2.45) is 0 Å². The van der Waals surface area contributed by atoms with Crippen molar-refractivity contribution < 1.29 is 8.42 Å². The Morgan fingerprint density at radius 1 is 1.30 bits per heavy atom. The number of sulfonamides is 1. The molecule has 0 saturated heterocycles. The monoisotopic (exact) mass is 296 g/mol. The van der Waals surface area contributed by atoms with Crippen LogP contribution in [0.5, 0.6) is 0 Å². The number of tetrazole rings is 1. The molecule has 0 aliphatic rings. The number of aromatic nitrogens is 4. The molecule has 0 spiro atoms. The van der Waals surface area contributed by atoms with Gasteiger partial charge in [-0.15, -0.1) is 10.2 Å². The van der Waals surface area contributed by atoms with Crippen LogP contribution in [0.2, 0.25) is 0 Å². The quantitative estimate of drug-likeness (QED) is 0.691. The van der Waals surface area contributed by atoms with Gasteiger partial charge in [-0.2, -0.15) is 5.21 Å². The van der Waals surface area contributed by atoms with Crippen LogP contribution in [-0.4, -0.2) is 29.0 Å². The summed E-state index contributed by atoms with van der Waals surface area (Å²) in [4.78, 5) is 0.207. The van der Waals surface area contributed by atoms with Crippen LogP contribution in [-0.2, 0) is 16.6 Å². The zero-order valence-corrected chi connectivity index (χ0v) is 12.2. The first-order valence-electron chi connectivity index (χ1n) is 5.91. The fourth-order valence-corrected chi connectivity index (χ4v) is 3.48. The van der Waals surface area contributed by atoms with Gasteiger partial charge in [0.2, 0.25) is 10.0 Å². The Labute approximate surface area is 116 Å². The van der Waals surface area contributed by atoms with Gasteiger partial charge in [0, 0.05) is 5.69 Å². The second kappa shape index (κ2) is 5.17. The zero-order valence-electron chi connectivity index (χ0n) is 11.4. The topological polar surface area (TPSA) is 127 Å². The minimum atomic E-state index is -3.69. The van der Waals surface area contributed by atoms with Crippen LogP contribution in [0.3, 0.4) is 0 Å². The molecule has 0 radical (unpaired) electrons. The number of aromatic amines is 1. The fourth-order valence-electron chi connectivity index (χ4n) is 1.93. The molecule has 0 fully saturated rings. The highest BCUT2D eigenvalue weighted by molar-refractivity contribution is 7.89. The maximum absolute atomic E-state index is 12.4. The lowest BCUT2D eigenvalue weighted by Crippen LogP contribution is -2.26. The van der Waals surface area contributed by atoms with E-state index in [-0.39, 0.29) is 17.3 Å². The fraction of sp³-hybridized carbons (Fsp3) is 0.364. The summed E-state index contributed by atoms with van der Waals surface area (Å²) < 4.78 is 27.3. The normalized spacial score (nSPS) is 11.8. The average Bonchev–Trinajstić information content (AvgIpc) is 2.87. The number of hydrogen-bond donors (Lipinski definition) is 3. The van der Waals surface area contributed by atoms with E-state index in [0.29, 0.717) is 16.8 Å². The number of nitrogens with zero attached hydrogens (tertiary/aromatic N) is 3. The van der Waals surface area contributed by atoms with Gasteiger partial charge < -0.3 is 5.73 Å². The number of nitrogen functional groups attached to an aromatic ring is 1. The Balaban J connectivity index is 2.39. The number of nitrogens with one attached hydrogen (secondary N) is 2. The molecular weight excluding hydrogens is 280 g/mol. The Morgan fingerprint density at radius 3 is 2.60 bits per heavy atom. The highest BCUT2D eigenvalue weighted by atomic mass is 32.2. The first kappa shape index (κ1) is 14.4. The molecule has 2 rings (SSSR count). The van der Waals surface area contributed by atoms with Gasteiger partial charge in [0.1, 0.15) is 0 Å². The lowest BCUT2D eigenvalue weighted by atomic mass is 10.1. The molecule has 1 heterocycles. The van der Waals surface area contributed by atoms with Crippen molar-refractivity contribution in [3.63, 3.8) is 0 Å². The number of aryl methyl sites for hydroxylation is 1. The smallest absolute Gasteiger partial charge is 0.241 e. The summed E-state index contributed by atoms with van der Waals surface area (Å²) in [6, 6.07) is 1.77. The SMILES string of the molecule is Cc1cc(N)c(C)c(S(=O)(=O)NCc2nn[nH]n2)c1C. The lowest BCUT2D eigenvalue weighted by molar-refractivity contribution is 0.578. The maximum Gasteiger partial charge on any atom is 0.241 e. The number of anilines is 1. The highest BCUT2D eigenvalue weighted by Gasteiger charge is 2.22. The van der Waals surface area contributed by atoms with E-state index in [1.54, 1.807) is 19.9 Å². The second-order valence-corrected chi connectivity index (χ2v) is 6.22. The Morgan fingerprint density at radius 2 is 2.00 bits per heavy atom. The molecular formula is C11H16N6O2S. The Hall–Kier alpha value is -2.00. The number of hydrogen-bond acceptors (Lipinski definition) is 6. The average molecular weight is 296 g/mol. The number of nitrogens with two attached hydrogens (primary N) is 1. The van der Waals surface area contributed by atoms with Crippen LogP contribution < -0.4 is 10.5 Å². The molecule has 1 aromatic heterocycles. The third-order valence-corrected chi connectivity index (χ3v) is 4.83. The van der Waals surface area contributed by atoms with Crippen LogP contribution in [0.1, 0.15) is 22.5 Å². The van der Waals surface area contributed by atoms with Crippen LogP contribution in [0.15, 0.2) is 11.0 Å². The van der Waals surface area contributed by atoms with Crippen molar-refractivity contribution in [1.82, 2.24) is 25.3 Å². The van der Waals surface area contributed by atoms with Gasteiger partial charge in [0.05, 0.1) is 11.4 Å². The molecule has 2 aromatic rings. The van der Waals surface area contributed by atoms with Crippen LogP contribution in [0.4, 0.5) is 5.69 Å². The van der Waals surface area contributed by atoms with E-state index in [2.05, 4.69) is 25.3 Å². The van der Waals surface area contributed by atoms with Gasteiger partial charge in [-0.3, -0.25) is 0 Å². The summed E-state index contributed by atoms with van der Waals surface area (Å²) in [5.41, 5.74) is 8.34. The molecule has 0 saturated carbocycles. The van der Waals surface area contributed by atoms with Crippen molar-refractivity contribution in [3.05, 3.63) is 28.6 Å². The van der Waals surface area contributed by atoms with Crippen molar-refractivity contribution in [3.8, 4) is 0 Å². The molecule has 0 atom stereocenters. The molecule has 8 nitrogen and oxygen atoms in total. The van der Waals surface area contributed by atoms with Gasteiger partial charge in [-0.1, -0.05) is 5.21 Å². The summed E-state index contributed by atoms with van der Waals surface area (Å²) >= 11 is 0. The molecule has 0 aliphatic heterocycles. The first-order chi connectivity index (χ1) is 9.33. The summed E-state index contributed by atoms with van der Waals surface area (Å²) in [7, 11) is -3.69. The summed E-state index contributed by atoms with van der Waals surface area (Å²) in [6.45, 7) is 5.23. The molecule has 4 N–H and O–H groups in total. The van der Waals surface area contributed by atoms with E-state index in [4.69, 9.17) is 5.73 Å². The number of H-pyrrole nitrogens is 1. The van der Waals surface area contributed by atoms with E-state index in [1.165, 1.54) is 0 Å². The second-order valence-electron chi connectivity index (χ2n) is 4.51. The van der Waals surface area contributed by atoms with E-state index in [1.807, 2.05) is 6.92 Å². The van der Waals surface area contributed by atoms with Crippen LogP contribution in [0, 0.1) is 20.8 Å². The molecule has 1 aromatic carbocycles. The van der Waals surface area contributed by atoms with Crippen molar-refractivity contribution in [2.75, 3.05) is 5.73 Å². The van der Waals surface area contributed by atoms with E-state index in [9.17, 15) is 8.42 Å². The Kier molecular flexibility index (Phi) is 3.73. The number of benzene rings is 1. The predicted molar refractivity (Wildman–Crippen MR) is 73.3 cm³/mol. The summed E-state index contributed by atoms with van der Waals surface area (Å²) in [5, 5.41) is 13.0. The van der Waals surface area contributed by atoms with Crippen LogP contribution >= 0.6 is 0 Å². The van der Waals surface area contributed by atoms with Gasteiger partial charge in [-0.25, -0.2) is 13.1 Å². The molecule has 0 amide bonds. The standard InChI is InChI=1S/C11H16N6O2S/c1-6-4-9(12)8(3)11(7(6)2)20(18,19)13-5-10-14-16-17-15-10/h4,13H,5,12H2,1-3H3,(H,14,15,16,17). The van der Waals surface area contributed by atoms with Crippen LogP contribution in [0.25, 0.3) is 0 Å². The Bertz CT molecular complexity index is 698. The molecule has 0 aliphatic carbocycles. The van der Waals surface area contributed by atoms with Gasteiger partial charge in [-0.05, 0) is 43.5 Å². The molecule has 20 heavy (non-hydrogen) atoms. The minimum absolute atomic E-state index is 0.0362. The number of rotatable bonds is 4. The largest absolute Gasteiger partial charge is 0.398 e. The highest BCUT2D eigenvalue weighted by Crippen LogP contribution is 2.27. The molecule has 0 unspecified atom stereocenters. The zero-order chi connectivity index (χ0) is 14.9.